The minimum absolute atomic E-state index is 0.0408. The predicted molar refractivity (Wildman–Crippen MR) is 118 cm³/mol. The third-order valence-corrected chi connectivity index (χ3v) is 4.53. The van der Waals surface area contributed by atoms with Crippen molar-refractivity contribution in [2.45, 2.75) is 19.9 Å². The van der Waals surface area contributed by atoms with Crippen LogP contribution in [0.1, 0.15) is 17.5 Å². The Labute approximate surface area is 178 Å². The van der Waals surface area contributed by atoms with E-state index in [1.807, 2.05) is 37.3 Å². The second-order valence-electron chi connectivity index (χ2n) is 6.88. The van der Waals surface area contributed by atoms with Gasteiger partial charge in [-0.2, -0.15) is 4.98 Å². The predicted octanol–water partition coefficient (Wildman–Crippen LogP) is 2.95. The Hall–Kier alpha value is -3.98. The van der Waals surface area contributed by atoms with Crippen molar-refractivity contribution in [1.29, 1.82) is 0 Å². The highest BCUT2D eigenvalue weighted by Crippen LogP contribution is 2.16. The lowest BCUT2D eigenvalue weighted by atomic mass is 10.1. The molecular weight excluding hydrogens is 398 g/mol. The van der Waals surface area contributed by atoms with Crippen molar-refractivity contribution >= 4 is 23.6 Å². The molecule has 0 aliphatic rings. The van der Waals surface area contributed by atoms with Crippen LogP contribution >= 0.6 is 0 Å². The van der Waals surface area contributed by atoms with E-state index in [4.69, 9.17) is 5.11 Å². The molecule has 2 aromatic carbocycles. The first kappa shape index (κ1) is 21.7. The molecule has 1 aromatic heterocycles. The Morgan fingerprint density at radius 3 is 2.48 bits per heavy atom. The van der Waals surface area contributed by atoms with E-state index in [9.17, 15) is 14.4 Å². The number of nitrogens with zero attached hydrogens (tertiary/aromatic N) is 1. The van der Waals surface area contributed by atoms with Crippen LogP contribution in [-0.4, -0.2) is 33.6 Å². The number of urea groups is 1. The molecule has 0 radical (unpaired) electrons. The molecule has 0 spiro atoms. The van der Waals surface area contributed by atoms with Crippen LogP contribution in [0.3, 0.4) is 0 Å². The third-order valence-electron chi connectivity index (χ3n) is 4.53. The second-order valence-corrected chi connectivity index (χ2v) is 6.88. The van der Waals surface area contributed by atoms with E-state index in [0.717, 1.165) is 11.1 Å². The minimum Gasteiger partial charge on any atom is -0.481 e. The lowest BCUT2D eigenvalue weighted by Crippen LogP contribution is -2.23. The van der Waals surface area contributed by atoms with E-state index in [1.54, 1.807) is 18.2 Å². The third kappa shape index (κ3) is 6.25. The van der Waals surface area contributed by atoms with E-state index in [-0.39, 0.29) is 12.4 Å². The second kappa shape index (κ2) is 10.2. The summed E-state index contributed by atoms with van der Waals surface area (Å²) in [6, 6.07) is 14.1. The van der Waals surface area contributed by atoms with Gasteiger partial charge in [0.1, 0.15) is 0 Å². The zero-order valence-corrected chi connectivity index (χ0v) is 16.9. The van der Waals surface area contributed by atoms with E-state index >= 15 is 0 Å². The summed E-state index contributed by atoms with van der Waals surface area (Å²) in [6.07, 6.45) is 1.56. The molecule has 5 N–H and O–H groups in total. The number of hydrogen-bond donors (Lipinski definition) is 5. The maximum absolute atomic E-state index is 12.4. The standard InChI is InChI=1S/C22H23N5O4/c1-14-4-2-3-5-18(14)25-22(31)27-21-24-13-17(20(30)26-21)16-8-6-15(7-9-16)12-23-11-10-19(28)29/h2-9,13,23H,10-12H2,1H3,(H,28,29)(H3,24,25,26,27,30,31). The molecule has 2 amide bonds. The molecule has 3 rings (SSSR count). The number of hydrogen-bond acceptors (Lipinski definition) is 5. The van der Waals surface area contributed by atoms with Crippen molar-refractivity contribution in [3.63, 3.8) is 0 Å². The summed E-state index contributed by atoms with van der Waals surface area (Å²) in [5.41, 5.74) is 3.11. The summed E-state index contributed by atoms with van der Waals surface area (Å²) in [5.74, 6) is -0.806. The number of anilines is 2. The van der Waals surface area contributed by atoms with Gasteiger partial charge < -0.3 is 20.7 Å². The number of para-hydroxylation sites is 1. The average molecular weight is 421 g/mol. The van der Waals surface area contributed by atoms with Crippen LogP contribution in [0.4, 0.5) is 16.4 Å². The summed E-state index contributed by atoms with van der Waals surface area (Å²) in [6.45, 7) is 2.79. The smallest absolute Gasteiger partial charge is 0.326 e. The monoisotopic (exact) mass is 421 g/mol. The normalized spacial score (nSPS) is 10.5. The van der Waals surface area contributed by atoms with E-state index < -0.39 is 17.6 Å². The van der Waals surface area contributed by atoms with Crippen molar-refractivity contribution in [1.82, 2.24) is 15.3 Å². The molecule has 1 heterocycles. The zero-order valence-electron chi connectivity index (χ0n) is 16.9. The molecule has 3 aromatic rings. The Morgan fingerprint density at radius 2 is 1.81 bits per heavy atom. The van der Waals surface area contributed by atoms with Gasteiger partial charge in [0, 0.05) is 25.0 Å². The Balaban J connectivity index is 1.61. The van der Waals surface area contributed by atoms with Gasteiger partial charge in [-0.3, -0.25) is 14.9 Å². The molecule has 9 heteroatoms. The first-order chi connectivity index (χ1) is 14.9. The topological polar surface area (TPSA) is 136 Å². The maximum atomic E-state index is 12.4. The molecular formula is C22H23N5O4. The molecule has 9 nitrogen and oxygen atoms in total. The Bertz CT molecular complexity index is 1130. The van der Waals surface area contributed by atoms with Crippen LogP contribution in [-0.2, 0) is 11.3 Å². The van der Waals surface area contributed by atoms with Crippen LogP contribution in [0, 0.1) is 6.92 Å². The lowest BCUT2D eigenvalue weighted by molar-refractivity contribution is -0.136. The van der Waals surface area contributed by atoms with Gasteiger partial charge in [0.05, 0.1) is 12.0 Å². The summed E-state index contributed by atoms with van der Waals surface area (Å²) in [5, 5.41) is 16.9. The highest BCUT2D eigenvalue weighted by atomic mass is 16.4. The minimum atomic E-state index is -0.847. The van der Waals surface area contributed by atoms with Gasteiger partial charge in [-0.15, -0.1) is 0 Å². The molecule has 0 saturated carbocycles. The number of aromatic nitrogens is 2. The number of benzene rings is 2. The van der Waals surface area contributed by atoms with Crippen LogP contribution in [0.25, 0.3) is 11.1 Å². The van der Waals surface area contributed by atoms with E-state index in [1.165, 1.54) is 6.20 Å². The van der Waals surface area contributed by atoms with Gasteiger partial charge in [0.25, 0.3) is 5.56 Å². The molecule has 160 valence electrons. The SMILES string of the molecule is Cc1ccccc1NC(=O)Nc1nc(=O)c(-c2ccc(CNCCC(=O)O)cc2)c[nH]1. The van der Waals surface area contributed by atoms with Gasteiger partial charge >= 0.3 is 12.0 Å². The van der Waals surface area contributed by atoms with Crippen LogP contribution in [0.15, 0.2) is 59.5 Å². The summed E-state index contributed by atoms with van der Waals surface area (Å²) in [4.78, 5) is 41.8. The number of amides is 2. The molecule has 0 aliphatic carbocycles. The van der Waals surface area contributed by atoms with Crippen LogP contribution in [0.2, 0.25) is 0 Å². The number of carboxylic acids is 1. The summed E-state index contributed by atoms with van der Waals surface area (Å²) < 4.78 is 0. The van der Waals surface area contributed by atoms with E-state index in [0.29, 0.717) is 29.9 Å². The fourth-order valence-corrected chi connectivity index (χ4v) is 2.87. The number of carboxylic acid groups (broad SMARTS) is 1. The molecule has 0 aliphatic heterocycles. The highest BCUT2D eigenvalue weighted by molar-refractivity contribution is 5.99. The quantitative estimate of drug-likeness (QED) is 0.355. The zero-order chi connectivity index (χ0) is 22.2. The molecule has 0 atom stereocenters. The lowest BCUT2D eigenvalue weighted by Gasteiger charge is -2.09. The molecule has 0 bridgehead atoms. The van der Waals surface area contributed by atoms with Gasteiger partial charge in [0.2, 0.25) is 5.95 Å². The van der Waals surface area contributed by atoms with Crippen molar-refractivity contribution in [2.24, 2.45) is 0 Å². The number of carbonyl (C=O) groups is 2. The first-order valence-electron chi connectivity index (χ1n) is 9.67. The maximum Gasteiger partial charge on any atom is 0.326 e. The molecule has 0 saturated heterocycles. The summed E-state index contributed by atoms with van der Waals surface area (Å²) >= 11 is 0. The van der Waals surface area contributed by atoms with Gasteiger partial charge in [-0.1, -0.05) is 42.5 Å². The molecule has 0 fully saturated rings. The fraction of sp³-hybridized carbons (Fsp3) is 0.182. The average Bonchev–Trinajstić information content (AvgIpc) is 2.73. The van der Waals surface area contributed by atoms with E-state index in [2.05, 4.69) is 25.9 Å². The largest absolute Gasteiger partial charge is 0.481 e. The van der Waals surface area contributed by atoms with Crippen molar-refractivity contribution in [2.75, 3.05) is 17.2 Å². The fourth-order valence-electron chi connectivity index (χ4n) is 2.87. The van der Waals surface area contributed by atoms with Gasteiger partial charge in [-0.05, 0) is 29.7 Å². The number of carbonyl (C=O) groups excluding carboxylic acids is 1. The first-order valence-corrected chi connectivity index (χ1v) is 9.67. The van der Waals surface area contributed by atoms with Gasteiger partial charge in [-0.25, -0.2) is 4.79 Å². The highest BCUT2D eigenvalue weighted by Gasteiger charge is 2.09. The van der Waals surface area contributed by atoms with Crippen molar-refractivity contribution in [3.05, 3.63) is 76.2 Å². The number of aliphatic carboxylic acids is 1. The number of nitrogens with one attached hydrogen (secondary N) is 4. The number of H-pyrrole nitrogens is 1. The Morgan fingerprint density at radius 1 is 1.06 bits per heavy atom. The molecule has 0 unspecified atom stereocenters. The molecule has 31 heavy (non-hydrogen) atoms. The van der Waals surface area contributed by atoms with Crippen LogP contribution < -0.4 is 21.5 Å². The van der Waals surface area contributed by atoms with Crippen molar-refractivity contribution in [3.8, 4) is 11.1 Å². The van der Waals surface area contributed by atoms with Crippen molar-refractivity contribution < 1.29 is 14.7 Å². The van der Waals surface area contributed by atoms with Crippen LogP contribution in [0.5, 0.6) is 0 Å². The number of rotatable bonds is 8. The number of aromatic amines is 1. The summed E-state index contributed by atoms with van der Waals surface area (Å²) in [7, 11) is 0. The number of aryl methyl sites for hydroxylation is 1. The Kier molecular flexibility index (Phi) is 7.13. The van der Waals surface area contributed by atoms with Gasteiger partial charge in [0.15, 0.2) is 0 Å².